The number of aliphatic hydroxyl groups is 1. The Balaban J connectivity index is 2.07. The number of rotatable bonds is 5. The number of hydrogen-bond donors (Lipinski definition) is 2. The van der Waals surface area contributed by atoms with Crippen LogP contribution in [0.15, 0.2) is 18.2 Å². The van der Waals surface area contributed by atoms with Gasteiger partial charge in [-0.3, -0.25) is 4.79 Å². The van der Waals surface area contributed by atoms with E-state index < -0.39 is 17.3 Å². The zero-order valence-corrected chi connectivity index (χ0v) is 10.9. The van der Waals surface area contributed by atoms with E-state index in [1.165, 1.54) is 18.2 Å². The average Bonchev–Trinajstić information content (AvgIpc) is 2.36. The molecular weight excluding hydrogens is 249 g/mol. The van der Waals surface area contributed by atoms with Crippen molar-refractivity contribution in [3.8, 4) is 5.75 Å². The van der Waals surface area contributed by atoms with Gasteiger partial charge in [-0.05, 0) is 38.3 Å². The van der Waals surface area contributed by atoms with E-state index in [2.05, 4.69) is 5.32 Å². The first kappa shape index (κ1) is 13.8. The molecule has 1 aromatic carbocycles. The van der Waals surface area contributed by atoms with Crippen LogP contribution in [0.5, 0.6) is 5.75 Å². The van der Waals surface area contributed by atoms with Crippen molar-refractivity contribution >= 4 is 5.91 Å². The van der Waals surface area contributed by atoms with Crippen LogP contribution in [-0.4, -0.2) is 29.8 Å². The lowest BCUT2D eigenvalue weighted by molar-refractivity contribution is -0.0300. The first-order chi connectivity index (χ1) is 9.06. The smallest absolute Gasteiger partial charge is 0.255 e. The molecule has 1 amide bonds. The summed E-state index contributed by atoms with van der Waals surface area (Å²) in [6, 6.07) is 4.22. The van der Waals surface area contributed by atoms with E-state index in [-0.39, 0.29) is 24.5 Å². The van der Waals surface area contributed by atoms with E-state index in [0.717, 1.165) is 6.42 Å². The summed E-state index contributed by atoms with van der Waals surface area (Å²) in [6.07, 6.45) is 2.35. The van der Waals surface area contributed by atoms with E-state index in [4.69, 9.17) is 4.74 Å². The number of amides is 1. The third kappa shape index (κ3) is 3.04. The van der Waals surface area contributed by atoms with Gasteiger partial charge in [-0.25, -0.2) is 4.39 Å². The monoisotopic (exact) mass is 267 g/mol. The van der Waals surface area contributed by atoms with Crippen molar-refractivity contribution in [1.82, 2.24) is 5.32 Å². The lowest BCUT2D eigenvalue weighted by Crippen LogP contribution is -2.47. The molecule has 0 bridgehead atoms. The average molecular weight is 267 g/mol. The fourth-order valence-corrected chi connectivity index (χ4v) is 2.08. The summed E-state index contributed by atoms with van der Waals surface area (Å²) in [5, 5.41) is 12.5. The van der Waals surface area contributed by atoms with Crippen LogP contribution in [0.2, 0.25) is 0 Å². The molecular formula is C14H18FNO3. The number of benzene rings is 1. The number of hydrogen-bond acceptors (Lipinski definition) is 3. The second-order valence-electron chi connectivity index (χ2n) is 4.81. The summed E-state index contributed by atoms with van der Waals surface area (Å²) in [5.41, 5.74) is -0.640. The fourth-order valence-electron chi connectivity index (χ4n) is 2.08. The van der Waals surface area contributed by atoms with Crippen LogP contribution in [0.3, 0.4) is 0 Å². The Bertz CT molecular complexity index is 472. The van der Waals surface area contributed by atoms with Gasteiger partial charge >= 0.3 is 0 Å². The van der Waals surface area contributed by atoms with Gasteiger partial charge in [0.1, 0.15) is 0 Å². The van der Waals surface area contributed by atoms with Gasteiger partial charge in [-0.2, -0.15) is 0 Å². The maximum atomic E-state index is 13.6. The molecule has 0 radical (unpaired) electrons. The highest BCUT2D eigenvalue weighted by molar-refractivity contribution is 5.97. The Morgan fingerprint density at radius 2 is 2.26 bits per heavy atom. The van der Waals surface area contributed by atoms with E-state index in [1.807, 2.05) is 0 Å². The normalized spacial score (nSPS) is 16.6. The van der Waals surface area contributed by atoms with E-state index in [0.29, 0.717) is 12.8 Å². The molecule has 0 unspecified atom stereocenters. The minimum absolute atomic E-state index is 0.0388. The molecule has 4 nitrogen and oxygen atoms in total. The first-order valence-corrected chi connectivity index (χ1v) is 6.47. The number of nitrogens with one attached hydrogen (secondary N) is 1. The molecule has 0 aromatic heterocycles. The number of ether oxygens (including phenoxy) is 1. The Hall–Kier alpha value is -1.62. The molecule has 1 fully saturated rings. The Labute approximate surface area is 111 Å². The summed E-state index contributed by atoms with van der Waals surface area (Å²) < 4.78 is 18.8. The largest absolute Gasteiger partial charge is 0.490 e. The molecule has 2 N–H and O–H groups in total. The predicted molar refractivity (Wildman–Crippen MR) is 68.7 cm³/mol. The van der Waals surface area contributed by atoms with Gasteiger partial charge in [-0.15, -0.1) is 0 Å². The van der Waals surface area contributed by atoms with Crippen LogP contribution in [0, 0.1) is 5.82 Å². The molecule has 0 atom stereocenters. The lowest BCUT2D eigenvalue weighted by atomic mass is 9.80. The molecule has 0 spiro atoms. The highest BCUT2D eigenvalue weighted by Crippen LogP contribution is 2.31. The highest BCUT2D eigenvalue weighted by atomic mass is 19.1. The minimum atomic E-state index is -0.797. The topological polar surface area (TPSA) is 58.6 Å². The summed E-state index contributed by atoms with van der Waals surface area (Å²) in [4.78, 5) is 12.0. The van der Waals surface area contributed by atoms with Gasteiger partial charge in [0.25, 0.3) is 5.91 Å². The van der Waals surface area contributed by atoms with Gasteiger partial charge in [0.15, 0.2) is 11.6 Å². The van der Waals surface area contributed by atoms with Crippen molar-refractivity contribution in [1.29, 1.82) is 0 Å². The summed E-state index contributed by atoms with van der Waals surface area (Å²) >= 11 is 0. The van der Waals surface area contributed by atoms with Crippen molar-refractivity contribution < 1.29 is 19.0 Å². The van der Waals surface area contributed by atoms with Crippen molar-refractivity contribution in [3.63, 3.8) is 0 Å². The van der Waals surface area contributed by atoms with Crippen LogP contribution >= 0.6 is 0 Å². The molecule has 5 heteroatoms. The van der Waals surface area contributed by atoms with Crippen LogP contribution in [0.4, 0.5) is 4.39 Å². The quantitative estimate of drug-likeness (QED) is 0.856. The van der Waals surface area contributed by atoms with Gasteiger partial charge in [0.05, 0.1) is 17.8 Å². The highest BCUT2D eigenvalue weighted by Gasteiger charge is 2.34. The second-order valence-corrected chi connectivity index (χ2v) is 4.81. The number of para-hydroxylation sites is 1. The minimum Gasteiger partial charge on any atom is -0.490 e. The van der Waals surface area contributed by atoms with E-state index >= 15 is 0 Å². The number of carbonyl (C=O) groups excluding carboxylic acids is 1. The molecule has 1 aromatic rings. The molecule has 2 rings (SSSR count). The standard InChI is InChI=1S/C14H18FNO3/c1-2-19-12-10(5-3-6-11(12)15)13(17)16-9-14(18)7-4-8-14/h3,5-6,18H,2,4,7-9H2,1H3,(H,16,17). The molecule has 1 aliphatic rings. The molecule has 1 aliphatic carbocycles. The first-order valence-electron chi connectivity index (χ1n) is 6.47. The predicted octanol–water partition coefficient (Wildman–Crippen LogP) is 1.87. The molecule has 0 heterocycles. The molecule has 0 saturated heterocycles. The van der Waals surface area contributed by atoms with Crippen molar-refractivity contribution in [2.45, 2.75) is 31.8 Å². The van der Waals surface area contributed by atoms with Gasteiger partial charge in [-0.1, -0.05) is 6.07 Å². The van der Waals surface area contributed by atoms with Crippen molar-refractivity contribution in [2.75, 3.05) is 13.2 Å². The Kier molecular flexibility index (Phi) is 4.04. The van der Waals surface area contributed by atoms with Gasteiger partial charge in [0.2, 0.25) is 0 Å². The Morgan fingerprint density at radius 3 is 2.84 bits per heavy atom. The maximum Gasteiger partial charge on any atom is 0.255 e. The third-order valence-corrected chi connectivity index (χ3v) is 3.36. The van der Waals surface area contributed by atoms with Gasteiger partial charge in [0, 0.05) is 6.54 Å². The van der Waals surface area contributed by atoms with Crippen LogP contribution in [-0.2, 0) is 0 Å². The summed E-state index contributed by atoms with van der Waals surface area (Å²) in [7, 11) is 0. The molecule has 19 heavy (non-hydrogen) atoms. The second kappa shape index (κ2) is 5.57. The summed E-state index contributed by atoms with van der Waals surface area (Å²) in [5.74, 6) is -1.02. The summed E-state index contributed by atoms with van der Waals surface area (Å²) in [6.45, 7) is 2.20. The van der Waals surface area contributed by atoms with E-state index in [1.54, 1.807) is 6.92 Å². The van der Waals surface area contributed by atoms with E-state index in [9.17, 15) is 14.3 Å². The van der Waals surface area contributed by atoms with Crippen molar-refractivity contribution in [2.24, 2.45) is 0 Å². The zero-order chi connectivity index (χ0) is 13.9. The maximum absolute atomic E-state index is 13.6. The third-order valence-electron chi connectivity index (χ3n) is 3.36. The Morgan fingerprint density at radius 1 is 1.53 bits per heavy atom. The van der Waals surface area contributed by atoms with Crippen LogP contribution in [0.1, 0.15) is 36.5 Å². The lowest BCUT2D eigenvalue weighted by Gasteiger charge is -2.36. The number of carbonyl (C=O) groups is 1. The van der Waals surface area contributed by atoms with Crippen molar-refractivity contribution in [3.05, 3.63) is 29.6 Å². The zero-order valence-electron chi connectivity index (χ0n) is 10.9. The van der Waals surface area contributed by atoms with Crippen LogP contribution < -0.4 is 10.1 Å². The molecule has 1 saturated carbocycles. The fraction of sp³-hybridized carbons (Fsp3) is 0.500. The SMILES string of the molecule is CCOc1c(F)cccc1C(=O)NCC1(O)CCC1. The number of halogens is 1. The van der Waals surface area contributed by atoms with Gasteiger partial charge < -0.3 is 15.2 Å². The molecule has 0 aliphatic heterocycles. The molecule has 104 valence electrons. The van der Waals surface area contributed by atoms with Crippen LogP contribution in [0.25, 0.3) is 0 Å².